The highest BCUT2D eigenvalue weighted by atomic mass is 19.3. The molecule has 1 aromatic carbocycles. The highest BCUT2D eigenvalue weighted by molar-refractivity contribution is 5.75. The Morgan fingerprint density at radius 3 is 2.50 bits per heavy atom. The molecule has 24 heavy (non-hydrogen) atoms. The van der Waals surface area contributed by atoms with Gasteiger partial charge in [0.25, 0.3) is 6.43 Å². The summed E-state index contributed by atoms with van der Waals surface area (Å²) in [5, 5.41) is 2.81. The molecule has 0 radical (unpaired) electrons. The van der Waals surface area contributed by atoms with Crippen LogP contribution in [0.2, 0.25) is 0 Å². The molecule has 1 fully saturated rings. The van der Waals surface area contributed by atoms with Crippen LogP contribution in [0.3, 0.4) is 0 Å². The summed E-state index contributed by atoms with van der Waals surface area (Å²) < 4.78 is 36.5. The van der Waals surface area contributed by atoms with Crippen LogP contribution in [-0.4, -0.2) is 44.2 Å². The van der Waals surface area contributed by atoms with Crippen molar-refractivity contribution in [2.75, 3.05) is 20.8 Å². The van der Waals surface area contributed by atoms with Crippen molar-refractivity contribution < 1.29 is 23.0 Å². The predicted molar refractivity (Wildman–Crippen MR) is 87.0 cm³/mol. The van der Waals surface area contributed by atoms with Gasteiger partial charge < -0.3 is 19.7 Å². The van der Waals surface area contributed by atoms with Gasteiger partial charge in [0, 0.05) is 6.54 Å². The lowest BCUT2D eigenvalue weighted by atomic mass is 10.0. The quantitative estimate of drug-likeness (QED) is 0.891. The van der Waals surface area contributed by atoms with Gasteiger partial charge in [0.2, 0.25) is 0 Å². The Labute approximate surface area is 140 Å². The van der Waals surface area contributed by atoms with Gasteiger partial charge in [-0.25, -0.2) is 13.6 Å². The van der Waals surface area contributed by atoms with Gasteiger partial charge in [-0.3, -0.25) is 0 Å². The van der Waals surface area contributed by atoms with Crippen molar-refractivity contribution in [3.8, 4) is 11.5 Å². The van der Waals surface area contributed by atoms with Gasteiger partial charge in [-0.15, -0.1) is 0 Å². The summed E-state index contributed by atoms with van der Waals surface area (Å²) in [6.45, 7) is 4.08. The van der Waals surface area contributed by atoms with E-state index in [1.54, 1.807) is 13.2 Å². The number of nitrogens with one attached hydrogen (secondary N) is 1. The van der Waals surface area contributed by atoms with Crippen molar-refractivity contribution >= 4 is 6.03 Å². The normalized spacial score (nSPS) is 18.6. The number of halogens is 2. The zero-order valence-electron chi connectivity index (χ0n) is 14.4. The molecule has 0 aromatic heterocycles. The lowest BCUT2D eigenvalue weighted by Gasteiger charge is -2.27. The fourth-order valence-electron chi connectivity index (χ4n) is 3.12. The molecule has 1 unspecified atom stereocenters. The van der Waals surface area contributed by atoms with Gasteiger partial charge in [0.15, 0.2) is 11.5 Å². The molecule has 0 aliphatic carbocycles. The first-order valence-corrected chi connectivity index (χ1v) is 7.96. The van der Waals surface area contributed by atoms with E-state index in [1.807, 2.05) is 19.9 Å². The zero-order chi connectivity index (χ0) is 17.9. The number of nitrogens with zero attached hydrogens (tertiary/aromatic N) is 1. The molecule has 0 spiro atoms. The topological polar surface area (TPSA) is 50.8 Å². The minimum Gasteiger partial charge on any atom is -0.493 e. The number of hydrogen-bond donors (Lipinski definition) is 1. The van der Waals surface area contributed by atoms with Crippen LogP contribution in [0, 0.1) is 6.92 Å². The minimum atomic E-state index is -2.52. The number of methoxy groups -OCH3 is 2. The molecule has 1 saturated heterocycles. The van der Waals surface area contributed by atoms with E-state index in [-0.39, 0.29) is 6.04 Å². The van der Waals surface area contributed by atoms with Crippen LogP contribution >= 0.6 is 0 Å². The number of amides is 2. The number of carbonyl (C=O) groups is 1. The molecule has 1 aromatic rings. The molecular weight excluding hydrogens is 318 g/mol. The molecule has 1 N–H and O–H groups in total. The van der Waals surface area contributed by atoms with E-state index in [0.29, 0.717) is 30.9 Å². The van der Waals surface area contributed by atoms with Crippen LogP contribution in [-0.2, 0) is 0 Å². The van der Waals surface area contributed by atoms with Crippen LogP contribution in [0.15, 0.2) is 12.1 Å². The van der Waals surface area contributed by atoms with Crippen LogP contribution < -0.4 is 14.8 Å². The zero-order valence-corrected chi connectivity index (χ0v) is 14.4. The molecule has 2 amide bonds. The molecule has 7 heteroatoms. The number of rotatable bonds is 5. The molecule has 1 aliphatic heterocycles. The van der Waals surface area contributed by atoms with Crippen molar-refractivity contribution in [2.45, 2.75) is 45.2 Å². The average molecular weight is 342 g/mol. The summed E-state index contributed by atoms with van der Waals surface area (Å²) in [6.07, 6.45) is -1.57. The molecule has 1 heterocycles. The number of urea groups is 1. The average Bonchev–Trinajstić information content (AvgIpc) is 3.04. The van der Waals surface area contributed by atoms with Crippen molar-refractivity contribution in [1.29, 1.82) is 0 Å². The second kappa shape index (κ2) is 7.68. The smallest absolute Gasteiger partial charge is 0.318 e. The highest BCUT2D eigenvalue weighted by Gasteiger charge is 2.35. The third-order valence-corrected chi connectivity index (χ3v) is 4.43. The Kier molecular flexibility index (Phi) is 5.85. The first kappa shape index (κ1) is 18.3. The first-order chi connectivity index (χ1) is 11.4. The van der Waals surface area contributed by atoms with Gasteiger partial charge >= 0.3 is 6.03 Å². The van der Waals surface area contributed by atoms with Gasteiger partial charge in [0.1, 0.15) is 0 Å². The Balaban J connectivity index is 2.14. The van der Waals surface area contributed by atoms with E-state index in [4.69, 9.17) is 9.47 Å². The Bertz CT molecular complexity index is 595. The van der Waals surface area contributed by atoms with E-state index in [1.165, 1.54) is 12.0 Å². The largest absolute Gasteiger partial charge is 0.493 e. The third kappa shape index (κ3) is 3.71. The van der Waals surface area contributed by atoms with Crippen molar-refractivity contribution in [1.82, 2.24) is 10.2 Å². The maximum atomic E-state index is 13.0. The van der Waals surface area contributed by atoms with E-state index in [0.717, 1.165) is 11.1 Å². The number of ether oxygens (including phenoxy) is 2. The van der Waals surface area contributed by atoms with Crippen LogP contribution in [0.25, 0.3) is 0 Å². The van der Waals surface area contributed by atoms with E-state index in [9.17, 15) is 13.6 Å². The molecule has 1 aliphatic rings. The summed E-state index contributed by atoms with van der Waals surface area (Å²) in [5.41, 5.74) is 1.78. The first-order valence-electron chi connectivity index (χ1n) is 7.96. The van der Waals surface area contributed by atoms with Gasteiger partial charge in [0.05, 0.1) is 26.3 Å². The monoisotopic (exact) mass is 342 g/mol. The minimum absolute atomic E-state index is 0.337. The van der Waals surface area contributed by atoms with E-state index >= 15 is 0 Å². The fraction of sp³-hybridized carbons (Fsp3) is 0.588. The SMILES string of the molecule is COc1cc(C)c(C(C)NC(=O)N2CCC[C@H]2C(F)F)cc1OC. The molecule has 2 rings (SSSR count). The van der Waals surface area contributed by atoms with E-state index < -0.39 is 18.5 Å². The molecular formula is C17H24F2N2O3. The summed E-state index contributed by atoms with van der Waals surface area (Å²) in [5.74, 6) is 1.17. The molecule has 0 bridgehead atoms. The summed E-state index contributed by atoms with van der Waals surface area (Å²) in [7, 11) is 3.09. The van der Waals surface area contributed by atoms with Gasteiger partial charge in [-0.05, 0) is 49.9 Å². The number of hydrogen-bond acceptors (Lipinski definition) is 3. The van der Waals surface area contributed by atoms with Gasteiger partial charge in [-0.2, -0.15) is 0 Å². The lowest BCUT2D eigenvalue weighted by Crippen LogP contribution is -2.46. The second-order valence-corrected chi connectivity index (χ2v) is 5.97. The second-order valence-electron chi connectivity index (χ2n) is 5.97. The van der Waals surface area contributed by atoms with Crippen molar-refractivity contribution in [3.05, 3.63) is 23.3 Å². The standard InChI is InChI=1S/C17H24F2N2O3/c1-10-8-14(23-3)15(24-4)9-12(10)11(2)20-17(22)21-7-5-6-13(21)16(18)19/h8-9,11,13,16H,5-7H2,1-4H3,(H,20,22)/t11?,13-/m0/s1. The molecule has 5 nitrogen and oxygen atoms in total. The summed E-state index contributed by atoms with van der Waals surface area (Å²) in [6, 6.07) is 1.84. The van der Waals surface area contributed by atoms with Crippen molar-refractivity contribution in [3.63, 3.8) is 0 Å². The summed E-state index contributed by atoms with van der Waals surface area (Å²) in [4.78, 5) is 13.6. The number of carbonyl (C=O) groups excluding carboxylic acids is 1. The molecule has 2 atom stereocenters. The molecule has 134 valence electrons. The Hall–Kier alpha value is -2.05. The maximum absolute atomic E-state index is 13.0. The number of likely N-dealkylation sites (tertiary alicyclic amines) is 1. The van der Waals surface area contributed by atoms with Crippen LogP contribution in [0.5, 0.6) is 11.5 Å². The van der Waals surface area contributed by atoms with E-state index in [2.05, 4.69) is 5.32 Å². The third-order valence-electron chi connectivity index (χ3n) is 4.43. The lowest BCUT2D eigenvalue weighted by molar-refractivity contribution is 0.0601. The van der Waals surface area contributed by atoms with Gasteiger partial charge in [-0.1, -0.05) is 0 Å². The molecule has 0 saturated carbocycles. The van der Waals surface area contributed by atoms with Crippen LogP contribution in [0.1, 0.15) is 36.9 Å². The van der Waals surface area contributed by atoms with Crippen LogP contribution in [0.4, 0.5) is 13.6 Å². The predicted octanol–water partition coefficient (Wildman–Crippen LogP) is 3.51. The summed E-state index contributed by atoms with van der Waals surface area (Å²) >= 11 is 0. The number of alkyl halides is 2. The van der Waals surface area contributed by atoms with Crippen molar-refractivity contribution in [2.24, 2.45) is 0 Å². The highest BCUT2D eigenvalue weighted by Crippen LogP contribution is 2.33. The Morgan fingerprint density at radius 1 is 1.29 bits per heavy atom. The Morgan fingerprint density at radius 2 is 1.92 bits per heavy atom. The number of benzene rings is 1. The maximum Gasteiger partial charge on any atom is 0.318 e. The number of aryl methyl sites for hydroxylation is 1. The fourth-order valence-corrected chi connectivity index (χ4v) is 3.12.